The molecule has 2 heterocycles. The molecule has 0 bridgehead atoms. The van der Waals surface area contributed by atoms with Gasteiger partial charge in [0.1, 0.15) is 17.4 Å². The summed E-state index contributed by atoms with van der Waals surface area (Å²) in [7, 11) is -4.09. The highest BCUT2D eigenvalue weighted by Crippen LogP contribution is 2.25. The molecule has 2 N–H and O–H groups in total. The molecule has 3 aromatic rings. The minimum absolute atomic E-state index is 0.0500. The average molecular weight is 558 g/mol. The van der Waals surface area contributed by atoms with E-state index in [0.29, 0.717) is 24.0 Å². The number of hydrogen-bond acceptors (Lipinski definition) is 6. The van der Waals surface area contributed by atoms with Crippen LogP contribution in [0.4, 0.5) is 4.39 Å². The average Bonchev–Trinajstić information content (AvgIpc) is 3.11. The van der Waals surface area contributed by atoms with E-state index < -0.39 is 52.1 Å². The summed E-state index contributed by atoms with van der Waals surface area (Å²) >= 11 is 0. The third-order valence-electron chi connectivity index (χ3n) is 6.75. The van der Waals surface area contributed by atoms with Crippen molar-refractivity contribution >= 4 is 38.6 Å². The van der Waals surface area contributed by atoms with Crippen molar-refractivity contribution in [3.63, 3.8) is 0 Å². The molecule has 2 aromatic carbocycles. The van der Waals surface area contributed by atoms with E-state index in [-0.39, 0.29) is 29.5 Å². The fraction of sp³-hybridized carbons (Fsp3) is 0.393. The second-order valence-electron chi connectivity index (χ2n) is 10.2. The van der Waals surface area contributed by atoms with Crippen LogP contribution in [0.25, 0.3) is 11.0 Å². The van der Waals surface area contributed by atoms with Gasteiger partial charge in [-0.2, -0.15) is 4.31 Å². The molecule has 1 unspecified atom stereocenters. The molecule has 9 nitrogen and oxygen atoms in total. The second kappa shape index (κ2) is 11.7. The zero-order valence-corrected chi connectivity index (χ0v) is 22.9. The number of carbonyl (C=O) groups excluding carboxylic acids is 3. The number of benzene rings is 2. The van der Waals surface area contributed by atoms with Crippen LogP contribution in [0.3, 0.4) is 0 Å². The Morgan fingerprint density at radius 1 is 1.15 bits per heavy atom. The lowest BCUT2D eigenvalue weighted by molar-refractivity contribution is -0.129. The molecule has 1 aliphatic rings. The van der Waals surface area contributed by atoms with Crippen LogP contribution in [0.2, 0.25) is 0 Å². The van der Waals surface area contributed by atoms with E-state index in [1.165, 1.54) is 12.1 Å². The van der Waals surface area contributed by atoms with Gasteiger partial charge in [-0.3, -0.25) is 14.4 Å². The minimum atomic E-state index is -4.09. The third kappa shape index (κ3) is 6.36. The Hall–Kier alpha value is -3.57. The van der Waals surface area contributed by atoms with Gasteiger partial charge in [-0.25, -0.2) is 12.8 Å². The first-order chi connectivity index (χ1) is 18.5. The number of carbonyl (C=O) groups is 3. The first-order valence-corrected chi connectivity index (χ1v) is 14.3. The van der Waals surface area contributed by atoms with Crippen LogP contribution in [0.1, 0.15) is 49.2 Å². The number of sulfonamides is 1. The fourth-order valence-corrected chi connectivity index (χ4v) is 6.20. The van der Waals surface area contributed by atoms with Crippen LogP contribution < -0.4 is 10.6 Å². The van der Waals surface area contributed by atoms with Gasteiger partial charge < -0.3 is 15.1 Å². The van der Waals surface area contributed by atoms with Crippen molar-refractivity contribution < 1.29 is 31.6 Å². The number of amides is 2. The first kappa shape index (κ1) is 28.4. The number of halogens is 1. The van der Waals surface area contributed by atoms with Crippen LogP contribution in [0.15, 0.2) is 57.8 Å². The van der Waals surface area contributed by atoms with Crippen molar-refractivity contribution in [2.45, 2.75) is 57.0 Å². The number of aryl methyl sites for hydroxylation is 1. The molecule has 208 valence electrons. The largest absolute Gasteiger partial charge is 0.451 e. The topological polar surface area (TPSA) is 126 Å². The lowest BCUT2D eigenvalue weighted by atomic mass is 10.0. The molecule has 11 heteroatoms. The maximum Gasteiger partial charge on any atom is 0.287 e. The first-order valence-electron chi connectivity index (χ1n) is 12.8. The van der Waals surface area contributed by atoms with Crippen LogP contribution in [-0.4, -0.2) is 55.5 Å². The standard InChI is InChI=1S/C28H32FN3O6S/c1-17(2)14-23(31-28(35)26-18(3)21-10-4-5-12-25(21)38-26)27(34)30-22-11-7-13-32(16-24(22)33)39(36,37)20-9-6-8-19(29)15-20/h4-6,8-10,12,15,17,22-23H,7,11,13-14,16H2,1-3H3,(H,30,34)(H,31,35)/t22-,23?/m0/s1. The van der Waals surface area contributed by atoms with Gasteiger partial charge >= 0.3 is 0 Å². The summed E-state index contributed by atoms with van der Waals surface area (Å²) in [5.74, 6) is -2.09. The normalized spacial score (nSPS) is 17.7. The van der Waals surface area contributed by atoms with Gasteiger partial charge in [0.25, 0.3) is 5.91 Å². The van der Waals surface area contributed by atoms with Gasteiger partial charge in [-0.05, 0) is 56.4 Å². The molecular weight excluding hydrogens is 525 g/mol. The summed E-state index contributed by atoms with van der Waals surface area (Å²) < 4.78 is 46.4. The minimum Gasteiger partial charge on any atom is -0.451 e. The van der Waals surface area contributed by atoms with E-state index in [1.807, 2.05) is 26.0 Å². The molecular formula is C28H32FN3O6S. The summed E-state index contributed by atoms with van der Waals surface area (Å²) in [6, 6.07) is 10.00. The molecule has 1 aliphatic heterocycles. The van der Waals surface area contributed by atoms with Crippen molar-refractivity contribution in [3.05, 3.63) is 65.7 Å². The Morgan fingerprint density at radius 2 is 1.90 bits per heavy atom. The lowest BCUT2D eigenvalue weighted by Crippen LogP contribution is -2.52. The van der Waals surface area contributed by atoms with Gasteiger partial charge in [0.15, 0.2) is 11.5 Å². The number of rotatable bonds is 8. The number of nitrogens with zero attached hydrogens (tertiary/aromatic N) is 1. The number of Topliss-reactive ketones (excluding diaryl/α,β-unsaturated/α-hetero) is 1. The summed E-state index contributed by atoms with van der Waals surface area (Å²) in [6.07, 6.45) is 0.854. The van der Waals surface area contributed by atoms with Gasteiger partial charge in [-0.1, -0.05) is 38.1 Å². The van der Waals surface area contributed by atoms with E-state index in [4.69, 9.17) is 4.42 Å². The second-order valence-corrected chi connectivity index (χ2v) is 12.1. The highest BCUT2D eigenvalue weighted by Gasteiger charge is 2.35. The summed E-state index contributed by atoms with van der Waals surface area (Å²) in [4.78, 5) is 39.2. The van der Waals surface area contributed by atoms with Crippen molar-refractivity contribution in [1.82, 2.24) is 14.9 Å². The van der Waals surface area contributed by atoms with Gasteiger partial charge in [0.2, 0.25) is 15.9 Å². The number of hydrogen-bond donors (Lipinski definition) is 2. The Balaban J connectivity index is 1.46. The van der Waals surface area contributed by atoms with E-state index >= 15 is 0 Å². The third-order valence-corrected chi connectivity index (χ3v) is 8.59. The Labute approximate surface area is 226 Å². The zero-order valence-electron chi connectivity index (χ0n) is 22.1. The SMILES string of the molecule is Cc1c(C(=O)NC(CC(C)C)C(=O)N[C@H]2CCCN(S(=O)(=O)c3cccc(F)c3)CC2=O)oc2ccccc12. The number of nitrogens with one attached hydrogen (secondary N) is 2. The van der Waals surface area contributed by atoms with Crippen molar-refractivity contribution in [2.75, 3.05) is 13.1 Å². The number of para-hydroxylation sites is 1. The van der Waals surface area contributed by atoms with Crippen LogP contribution in [-0.2, 0) is 19.6 Å². The van der Waals surface area contributed by atoms with Crippen LogP contribution in [0, 0.1) is 18.7 Å². The highest BCUT2D eigenvalue weighted by atomic mass is 32.2. The number of furan rings is 1. The molecule has 1 aromatic heterocycles. The highest BCUT2D eigenvalue weighted by molar-refractivity contribution is 7.89. The molecule has 0 aliphatic carbocycles. The zero-order chi connectivity index (χ0) is 28.3. The summed E-state index contributed by atoms with van der Waals surface area (Å²) in [6.45, 7) is 5.18. The maximum atomic E-state index is 13.6. The summed E-state index contributed by atoms with van der Waals surface area (Å²) in [5.41, 5.74) is 1.22. The van der Waals surface area contributed by atoms with Crippen molar-refractivity contribution in [1.29, 1.82) is 0 Å². The molecule has 4 rings (SSSR count). The molecule has 1 fully saturated rings. The smallest absolute Gasteiger partial charge is 0.287 e. The lowest BCUT2D eigenvalue weighted by Gasteiger charge is -2.23. The van der Waals surface area contributed by atoms with Gasteiger partial charge in [0.05, 0.1) is 17.5 Å². The van der Waals surface area contributed by atoms with E-state index in [2.05, 4.69) is 10.6 Å². The molecule has 0 radical (unpaired) electrons. The van der Waals surface area contributed by atoms with Gasteiger partial charge in [-0.15, -0.1) is 0 Å². The molecule has 2 amide bonds. The number of ketones is 1. The predicted molar refractivity (Wildman–Crippen MR) is 143 cm³/mol. The fourth-order valence-electron chi connectivity index (χ4n) is 4.72. The Bertz CT molecular complexity index is 1500. The van der Waals surface area contributed by atoms with Crippen LogP contribution in [0.5, 0.6) is 0 Å². The number of fused-ring (bicyclic) bond motifs is 1. The summed E-state index contributed by atoms with van der Waals surface area (Å²) in [5, 5.41) is 6.27. The van der Waals surface area contributed by atoms with E-state index in [0.717, 1.165) is 21.8 Å². The predicted octanol–water partition coefficient (Wildman–Crippen LogP) is 3.56. The van der Waals surface area contributed by atoms with Gasteiger partial charge in [0, 0.05) is 17.5 Å². The molecule has 1 saturated heterocycles. The monoisotopic (exact) mass is 557 g/mol. The molecule has 39 heavy (non-hydrogen) atoms. The Kier molecular flexibility index (Phi) is 8.51. The van der Waals surface area contributed by atoms with Crippen molar-refractivity contribution in [3.8, 4) is 0 Å². The van der Waals surface area contributed by atoms with E-state index in [9.17, 15) is 27.2 Å². The molecule has 0 spiro atoms. The van der Waals surface area contributed by atoms with Crippen molar-refractivity contribution in [2.24, 2.45) is 5.92 Å². The van der Waals surface area contributed by atoms with Crippen LogP contribution >= 0.6 is 0 Å². The quantitative estimate of drug-likeness (QED) is 0.436. The molecule has 0 saturated carbocycles. The molecule has 2 atom stereocenters. The van der Waals surface area contributed by atoms with E-state index in [1.54, 1.807) is 19.1 Å². The Morgan fingerprint density at radius 3 is 2.59 bits per heavy atom. The maximum absolute atomic E-state index is 13.6.